The molecule has 0 aliphatic carbocycles. The van der Waals surface area contributed by atoms with Gasteiger partial charge in [-0.15, -0.1) is 32.7 Å². The van der Waals surface area contributed by atoms with Gasteiger partial charge in [0.25, 0.3) is 0 Å². The number of hydrogen-bond donors (Lipinski definition) is 5. The van der Waals surface area contributed by atoms with E-state index in [1.807, 2.05) is 0 Å². The van der Waals surface area contributed by atoms with Gasteiger partial charge in [-0.05, 0) is 0 Å². The molecule has 0 spiro atoms. The van der Waals surface area contributed by atoms with Gasteiger partial charge in [0.15, 0.2) is 0 Å². The van der Waals surface area contributed by atoms with E-state index in [0.717, 1.165) is 0 Å². The van der Waals surface area contributed by atoms with E-state index in [9.17, 15) is 4.57 Å². The third kappa shape index (κ3) is 46.4. The summed E-state index contributed by atoms with van der Waals surface area (Å²) in [5, 5.41) is 0. The van der Waals surface area contributed by atoms with Crippen molar-refractivity contribution in [2.75, 3.05) is 13.2 Å². The highest BCUT2D eigenvalue weighted by molar-refractivity contribution is 7.47. The predicted molar refractivity (Wildman–Crippen MR) is 66.2 cm³/mol. The summed E-state index contributed by atoms with van der Waals surface area (Å²) in [6.45, 7) is 6.60. The molecule has 0 aliphatic heterocycles. The SMILES string of the molecule is C=CCOP(=O)(O)OCC=C.O=[P+](O)O.O=[P+](O)O. The van der Waals surface area contributed by atoms with Crippen molar-refractivity contribution >= 4 is 24.3 Å². The summed E-state index contributed by atoms with van der Waals surface area (Å²) < 4.78 is 37.0. The fraction of sp³-hybridized carbons (Fsp3) is 0.333. The van der Waals surface area contributed by atoms with Crippen molar-refractivity contribution in [3.63, 3.8) is 0 Å². The van der Waals surface area contributed by atoms with Gasteiger partial charge in [-0.3, -0.25) is 9.05 Å². The molecule has 0 aromatic carbocycles. The van der Waals surface area contributed by atoms with Crippen LogP contribution in [-0.2, 0) is 22.7 Å². The molecule has 0 unspecified atom stereocenters. The lowest BCUT2D eigenvalue weighted by molar-refractivity contribution is 0.174. The molecule has 0 radical (unpaired) electrons. The Morgan fingerprint density at radius 3 is 1.32 bits per heavy atom. The van der Waals surface area contributed by atoms with E-state index in [2.05, 4.69) is 22.2 Å². The molecule has 13 heteroatoms. The van der Waals surface area contributed by atoms with Crippen LogP contribution >= 0.6 is 24.3 Å². The van der Waals surface area contributed by atoms with Gasteiger partial charge in [-0.2, -0.15) is 0 Å². The van der Waals surface area contributed by atoms with Crippen LogP contribution in [-0.4, -0.2) is 37.7 Å². The number of hydrogen-bond acceptors (Lipinski definition) is 5. The number of phosphoric acid groups is 1. The Morgan fingerprint density at radius 2 is 1.16 bits per heavy atom. The topological polar surface area (TPSA) is 171 Å². The normalized spacial score (nSPS) is 9.11. The van der Waals surface area contributed by atoms with Crippen molar-refractivity contribution < 1.29 is 47.2 Å². The second-order valence-electron chi connectivity index (χ2n) is 2.14. The lowest BCUT2D eigenvalue weighted by atomic mass is 10.7. The third-order valence-corrected chi connectivity index (χ3v) is 1.66. The van der Waals surface area contributed by atoms with Crippen LogP contribution in [0.4, 0.5) is 0 Å². The molecule has 0 aromatic heterocycles. The average molecular weight is 340 g/mol. The average Bonchev–Trinajstić information content (AvgIpc) is 2.22. The van der Waals surface area contributed by atoms with Crippen molar-refractivity contribution in [1.82, 2.24) is 0 Å². The minimum Gasteiger partial charge on any atom is -0.302 e. The smallest absolute Gasteiger partial charge is 0.302 e. The summed E-state index contributed by atoms with van der Waals surface area (Å²) >= 11 is 0. The van der Waals surface area contributed by atoms with Gasteiger partial charge in [0.05, 0.1) is 13.2 Å². The van der Waals surface area contributed by atoms with Crippen LogP contribution in [0, 0.1) is 0 Å². The first-order valence-corrected chi connectivity index (χ1v) is 7.95. The van der Waals surface area contributed by atoms with E-state index in [1.165, 1.54) is 12.2 Å². The molecule has 5 N–H and O–H groups in total. The molecule has 0 saturated carbocycles. The minimum atomic E-state index is -3.87. The summed E-state index contributed by atoms with van der Waals surface area (Å²) in [5.74, 6) is 0. The fourth-order valence-electron chi connectivity index (χ4n) is 0.331. The maximum absolute atomic E-state index is 10.7. The molecule has 0 heterocycles. The lowest BCUT2D eigenvalue weighted by Crippen LogP contribution is -1.94. The van der Waals surface area contributed by atoms with Crippen LogP contribution in [0.15, 0.2) is 25.3 Å². The summed E-state index contributed by atoms with van der Waals surface area (Å²) in [6, 6.07) is 0. The van der Waals surface area contributed by atoms with Gasteiger partial charge >= 0.3 is 24.3 Å². The van der Waals surface area contributed by atoms with Crippen molar-refractivity contribution in [3.8, 4) is 0 Å². The quantitative estimate of drug-likeness (QED) is 0.343. The molecule has 0 aromatic rings. The summed E-state index contributed by atoms with van der Waals surface area (Å²) in [6.07, 6.45) is 2.72. The van der Waals surface area contributed by atoms with Crippen LogP contribution in [0.1, 0.15) is 0 Å². The first-order chi connectivity index (χ1) is 8.59. The van der Waals surface area contributed by atoms with Crippen molar-refractivity contribution in [2.45, 2.75) is 0 Å². The first kappa shape index (κ1) is 23.7. The van der Waals surface area contributed by atoms with Crippen molar-refractivity contribution in [2.24, 2.45) is 0 Å². The molecular weight excluding hydrogens is 325 g/mol. The Labute approximate surface area is 111 Å². The highest BCUT2D eigenvalue weighted by atomic mass is 31.2. The fourth-order valence-corrected chi connectivity index (χ4v) is 0.993. The standard InChI is InChI=1S/C6H11O4P.2HO3P/c1-3-5-9-11(7,8)10-6-4-2;2*1-4(2)3/h3-4H,1-2,5-6H2,(H,7,8);2*(H-,1,2,3)/p+2. The zero-order valence-corrected chi connectivity index (χ0v) is 12.3. The molecular formula is C6H15O10P3+2. The Hall–Kier alpha value is -0.370. The molecule has 0 atom stereocenters. The van der Waals surface area contributed by atoms with Gasteiger partial charge in [-0.25, -0.2) is 4.57 Å². The molecule has 0 amide bonds. The van der Waals surface area contributed by atoms with E-state index in [-0.39, 0.29) is 13.2 Å². The molecule has 19 heavy (non-hydrogen) atoms. The van der Waals surface area contributed by atoms with E-state index in [4.69, 9.17) is 33.6 Å². The van der Waals surface area contributed by atoms with Gasteiger partial charge in [-0.1, -0.05) is 12.2 Å². The van der Waals surface area contributed by atoms with Crippen molar-refractivity contribution in [3.05, 3.63) is 25.3 Å². The number of phosphoric ester groups is 1. The monoisotopic (exact) mass is 340 g/mol. The number of rotatable bonds is 6. The molecule has 10 nitrogen and oxygen atoms in total. The Balaban J connectivity index is -0.000000264. The predicted octanol–water partition coefficient (Wildman–Crippen LogP) is 0.749. The zero-order valence-electron chi connectivity index (χ0n) is 9.60. The van der Waals surface area contributed by atoms with Crippen LogP contribution in [0.2, 0.25) is 0 Å². The van der Waals surface area contributed by atoms with Gasteiger partial charge in [0.1, 0.15) is 0 Å². The molecule has 0 aliphatic rings. The molecule has 0 fully saturated rings. The van der Waals surface area contributed by atoms with E-state index < -0.39 is 24.3 Å². The van der Waals surface area contributed by atoms with Crippen LogP contribution in [0.3, 0.4) is 0 Å². The summed E-state index contributed by atoms with van der Waals surface area (Å²) in [7, 11) is -9.61. The van der Waals surface area contributed by atoms with Gasteiger partial charge < -0.3 is 4.89 Å². The lowest BCUT2D eigenvalue weighted by Gasteiger charge is -2.08. The highest BCUT2D eigenvalue weighted by Crippen LogP contribution is 2.42. The Bertz CT molecular complexity index is 293. The van der Waals surface area contributed by atoms with Crippen molar-refractivity contribution in [1.29, 1.82) is 0 Å². The zero-order chi connectivity index (χ0) is 15.9. The van der Waals surface area contributed by atoms with Crippen LogP contribution in [0.25, 0.3) is 0 Å². The second-order valence-corrected chi connectivity index (χ2v) is 4.61. The molecule has 0 rings (SSSR count). The molecule has 0 saturated heterocycles. The van der Waals surface area contributed by atoms with Gasteiger partial charge in [0.2, 0.25) is 0 Å². The third-order valence-electron chi connectivity index (χ3n) is 0.711. The highest BCUT2D eigenvalue weighted by Gasteiger charge is 2.18. The maximum atomic E-state index is 10.7. The first-order valence-electron chi connectivity index (χ1n) is 4.12. The Morgan fingerprint density at radius 1 is 0.947 bits per heavy atom. The van der Waals surface area contributed by atoms with E-state index >= 15 is 0 Å². The summed E-state index contributed by atoms with van der Waals surface area (Å²) in [5.41, 5.74) is 0. The van der Waals surface area contributed by atoms with Crippen LogP contribution in [0.5, 0.6) is 0 Å². The largest absolute Gasteiger partial charge is 0.692 e. The van der Waals surface area contributed by atoms with Crippen LogP contribution < -0.4 is 0 Å². The summed E-state index contributed by atoms with van der Waals surface area (Å²) in [4.78, 5) is 37.3. The molecule has 112 valence electrons. The van der Waals surface area contributed by atoms with E-state index in [0.29, 0.717) is 0 Å². The maximum Gasteiger partial charge on any atom is 0.692 e. The molecule has 0 bridgehead atoms. The van der Waals surface area contributed by atoms with Gasteiger partial charge in [0, 0.05) is 9.13 Å². The second kappa shape index (κ2) is 15.7. The minimum absolute atomic E-state index is 0.00901. The van der Waals surface area contributed by atoms with E-state index in [1.54, 1.807) is 0 Å². The Kier molecular flexibility index (Phi) is 19.6.